The van der Waals surface area contributed by atoms with Gasteiger partial charge in [0.15, 0.2) is 0 Å². The summed E-state index contributed by atoms with van der Waals surface area (Å²) in [4.78, 5) is 25.5. The van der Waals surface area contributed by atoms with Gasteiger partial charge in [-0.1, -0.05) is 22.3 Å². The Morgan fingerprint density at radius 3 is 1.69 bits per heavy atom. The van der Waals surface area contributed by atoms with E-state index in [0.29, 0.717) is 13.6 Å². The summed E-state index contributed by atoms with van der Waals surface area (Å²) in [5.41, 5.74) is 1.07. The van der Waals surface area contributed by atoms with Gasteiger partial charge in [0.2, 0.25) is 5.91 Å². The molecule has 0 radical (unpaired) electrons. The van der Waals surface area contributed by atoms with Gasteiger partial charge < -0.3 is 20.3 Å². The monoisotopic (exact) mass is 941 g/mol. The molecule has 202 valence electrons. The van der Waals surface area contributed by atoms with Crippen molar-refractivity contribution in [1.82, 2.24) is 5.32 Å². The number of amides is 1. The van der Waals surface area contributed by atoms with E-state index in [4.69, 9.17) is 4.74 Å². The molecule has 1 atom stereocenters. The number of ether oxygens (including phenoxy) is 1. The number of hydrogen-bond acceptors (Lipinski definition) is 5. The lowest BCUT2D eigenvalue weighted by Gasteiger charge is -2.25. The van der Waals surface area contributed by atoms with Crippen LogP contribution in [0.1, 0.15) is 63.5 Å². The zero-order chi connectivity index (χ0) is 24.2. The molecule has 0 heterocycles. The first kappa shape index (κ1) is 37.1. The van der Waals surface area contributed by atoms with E-state index in [1.54, 1.807) is 32.9 Å². The highest BCUT2D eigenvalue weighted by Crippen LogP contribution is 2.29. The van der Waals surface area contributed by atoms with Crippen LogP contribution in [0.25, 0.3) is 0 Å². The Hall–Kier alpha value is -0.100. The highest BCUT2D eigenvalue weighted by atomic mass is 127. The van der Waals surface area contributed by atoms with Crippen LogP contribution < -0.4 is 5.32 Å². The molecule has 6 nitrogen and oxygen atoms in total. The molecule has 0 saturated carbocycles. The quantitative estimate of drug-likeness (QED) is 0.194. The number of benzene rings is 2. The summed E-state index contributed by atoms with van der Waals surface area (Å²) >= 11 is 8.19. The number of carbonyl (C=O) groups excluding carboxylic acids is 2. The van der Waals surface area contributed by atoms with E-state index in [0.717, 1.165) is 18.3 Å². The van der Waals surface area contributed by atoms with Gasteiger partial charge in [-0.3, -0.25) is 4.79 Å². The largest absolute Gasteiger partial charge is 0.506 e. The zero-order valence-electron chi connectivity index (χ0n) is 17.6. The summed E-state index contributed by atoms with van der Waals surface area (Å²) in [6.07, 6.45) is 0.928. The molecule has 1 unspecified atom stereocenters. The lowest BCUT2D eigenvalue weighted by Crippen LogP contribution is -2.45. The van der Waals surface area contributed by atoms with Crippen molar-refractivity contribution < 1.29 is 27.4 Å². The number of phenols is 2. The molecular weight excluding hydrogens is 902 g/mol. The number of aryl methyl sites for hydroxylation is 1. The Morgan fingerprint density at radius 2 is 1.29 bits per heavy atom. The minimum absolute atomic E-state index is 0. The fourth-order valence-corrected chi connectivity index (χ4v) is 6.62. The predicted molar refractivity (Wildman–Crippen MR) is 181 cm³/mol. The summed E-state index contributed by atoms with van der Waals surface area (Å²) in [5.74, 6) is -0.326. The van der Waals surface area contributed by atoms with Crippen molar-refractivity contribution in [2.45, 2.75) is 74.0 Å². The van der Waals surface area contributed by atoms with Crippen LogP contribution in [0.15, 0.2) is 24.3 Å². The molecule has 0 aliphatic carbocycles. The molecule has 0 aliphatic rings. The molecule has 0 spiro atoms. The molecule has 0 fully saturated rings. The van der Waals surface area contributed by atoms with Crippen molar-refractivity contribution in [3.63, 3.8) is 0 Å². The highest BCUT2D eigenvalue weighted by molar-refractivity contribution is 14.1. The Morgan fingerprint density at radius 1 is 0.886 bits per heavy atom. The van der Waals surface area contributed by atoms with E-state index >= 15 is 0 Å². The summed E-state index contributed by atoms with van der Waals surface area (Å²) in [7, 11) is 0. The number of aromatic hydroxyl groups is 2. The van der Waals surface area contributed by atoms with Gasteiger partial charge in [-0.05, 0) is 153 Å². The second kappa shape index (κ2) is 16.0. The van der Waals surface area contributed by atoms with Crippen molar-refractivity contribution in [2.75, 3.05) is 0 Å². The van der Waals surface area contributed by atoms with E-state index in [2.05, 4.69) is 50.5 Å². The van der Waals surface area contributed by atoms with Gasteiger partial charge in [0.25, 0.3) is 0 Å². The third kappa shape index (κ3) is 11.9. The van der Waals surface area contributed by atoms with E-state index < -0.39 is 17.6 Å². The van der Waals surface area contributed by atoms with Gasteiger partial charge in [0.05, 0.1) is 14.3 Å². The van der Waals surface area contributed by atoms with Crippen molar-refractivity contribution in [1.29, 1.82) is 0 Å². The summed E-state index contributed by atoms with van der Waals surface area (Å²) in [6.45, 7) is 5.35. The standard InChI is InChI=1S/C22H23I4NO5.3CH4.2H2/c1-22(2,3)32-21(31)17(10-12-8-15(25)20(30)16(26)9-12)27-18(28)5-4-11-6-13(23)19(29)14(24)7-11;;;;;/h6-9,17,29-30H,4-5,10H2,1-3H3,(H,27,28);3*1H4;2*1H. The molecule has 10 heteroatoms. The maximum Gasteiger partial charge on any atom is 0.329 e. The number of nitrogens with one attached hydrogen (secondary N) is 1. The molecule has 35 heavy (non-hydrogen) atoms. The van der Waals surface area contributed by atoms with Crippen LogP contribution in [0.5, 0.6) is 11.5 Å². The normalized spacial score (nSPS) is 11.3. The van der Waals surface area contributed by atoms with Crippen molar-refractivity contribution >= 4 is 102 Å². The molecule has 2 rings (SSSR count). The summed E-state index contributed by atoms with van der Waals surface area (Å²) < 4.78 is 8.34. The fraction of sp³-hybridized carbons (Fsp3) is 0.440. The average Bonchev–Trinajstić information content (AvgIpc) is 2.66. The van der Waals surface area contributed by atoms with Gasteiger partial charge in [-0.25, -0.2) is 4.79 Å². The van der Waals surface area contributed by atoms with Gasteiger partial charge in [0.1, 0.15) is 23.1 Å². The number of phenolic OH excluding ortho intramolecular Hbond substituents is 2. The first-order valence-electron chi connectivity index (χ1n) is 9.63. The predicted octanol–water partition coefficient (Wildman–Crippen LogP) is 7.92. The molecule has 0 aromatic heterocycles. The second-order valence-electron chi connectivity index (χ2n) is 8.17. The molecule has 1 amide bonds. The fourth-order valence-electron chi connectivity index (χ4n) is 2.82. The van der Waals surface area contributed by atoms with Gasteiger partial charge in [-0.15, -0.1) is 0 Å². The van der Waals surface area contributed by atoms with Crippen LogP contribution in [0.2, 0.25) is 0 Å². The molecular formula is C25H39I4NO5. The Labute approximate surface area is 267 Å². The number of halogens is 4. The Bertz CT molecular complexity index is 987. The molecule has 0 aliphatic heterocycles. The topological polar surface area (TPSA) is 95.9 Å². The van der Waals surface area contributed by atoms with Crippen LogP contribution in [0.4, 0.5) is 0 Å². The Kier molecular flexibility index (Phi) is 16.9. The summed E-state index contributed by atoms with van der Waals surface area (Å²) in [6, 6.07) is 6.43. The first-order chi connectivity index (χ1) is 14.8. The van der Waals surface area contributed by atoms with Crippen LogP contribution in [-0.4, -0.2) is 33.7 Å². The number of hydrogen-bond donors (Lipinski definition) is 3. The first-order valence-corrected chi connectivity index (χ1v) is 13.9. The minimum atomic E-state index is -0.849. The van der Waals surface area contributed by atoms with Crippen LogP contribution in [0, 0.1) is 14.3 Å². The maximum atomic E-state index is 12.8. The van der Waals surface area contributed by atoms with Crippen LogP contribution in [-0.2, 0) is 27.2 Å². The van der Waals surface area contributed by atoms with E-state index in [9.17, 15) is 19.8 Å². The van der Waals surface area contributed by atoms with E-state index in [1.807, 2.05) is 57.3 Å². The van der Waals surface area contributed by atoms with E-state index in [-0.39, 0.29) is 55.4 Å². The smallest absolute Gasteiger partial charge is 0.329 e. The van der Waals surface area contributed by atoms with Crippen molar-refractivity contribution in [3.05, 3.63) is 49.7 Å². The molecule has 2 aromatic rings. The number of rotatable bonds is 7. The average molecular weight is 941 g/mol. The van der Waals surface area contributed by atoms with Crippen LogP contribution >= 0.6 is 90.4 Å². The van der Waals surface area contributed by atoms with Crippen molar-refractivity contribution in [3.8, 4) is 11.5 Å². The summed E-state index contributed by atoms with van der Waals surface area (Å²) in [5, 5.41) is 22.7. The highest BCUT2D eigenvalue weighted by Gasteiger charge is 2.27. The number of carbonyl (C=O) groups is 2. The van der Waals surface area contributed by atoms with Gasteiger partial charge in [-0.2, -0.15) is 0 Å². The van der Waals surface area contributed by atoms with Crippen LogP contribution in [0.3, 0.4) is 0 Å². The number of esters is 1. The molecule has 3 N–H and O–H groups in total. The molecule has 0 bridgehead atoms. The minimum Gasteiger partial charge on any atom is -0.506 e. The third-order valence-corrected chi connectivity index (χ3v) is 7.55. The lowest BCUT2D eigenvalue weighted by molar-refractivity contribution is -0.158. The molecule has 2 aromatic carbocycles. The lowest BCUT2D eigenvalue weighted by atomic mass is 10.0. The van der Waals surface area contributed by atoms with Crippen molar-refractivity contribution in [2.24, 2.45) is 0 Å². The SMILES string of the molecule is C.C.C.CC(C)(C)OC(=O)C(Cc1cc(I)c(O)c(I)c1)NC(=O)CCc1cc(I)c(O)c(I)c1.[HH].[HH]. The molecule has 0 saturated heterocycles. The zero-order valence-corrected chi connectivity index (χ0v) is 26.3. The van der Waals surface area contributed by atoms with Gasteiger partial charge >= 0.3 is 5.97 Å². The van der Waals surface area contributed by atoms with E-state index in [1.165, 1.54) is 0 Å². The maximum absolute atomic E-state index is 12.8. The second-order valence-corrected chi connectivity index (χ2v) is 12.8. The Balaban J connectivity index is -0.00000109. The third-order valence-electron chi connectivity index (χ3n) is 4.26. The van der Waals surface area contributed by atoms with Gasteiger partial charge in [0, 0.05) is 15.7 Å².